The van der Waals surface area contributed by atoms with Gasteiger partial charge in [0.25, 0.3) is 0 Å². The third-order valence-electron chi connectivity index (χ3n) is 2.07. The minimum Gasteiger partial charge on any atom is -0.504 e. The summed E-state index contributed by atoms with van der Waals surface area (Å²) in [4.78, 5) is 0. The number of methoxy groups -OCH3 is 1. The van der Waals surface area contributed by atoms with E-state index < -0.39 is 12.7 Å². The molecule has 0 saturated heterocycles. The first-order chi connectivity index (χ1) is 6.70. The van der Waals surface area contributed by atoms with Crippen LogP contribution in [0.2, 0.25) is 0 Å². The summed E-state index contributed by atoms with van der Waals surface area (Å²) in [5.41, 5.74) is 6.19. The number of benzene rings is 1. The molecule has 15 heavy (non-hydrogen) atoms. The van der Waals surface area contributed by atoms with Crippen LogP contribution in [0.25, 0.3) is 0 Å². The Morgan fingerprint density at radius 3 is 2.73 bits per heavy atom. The Bertz CT molecular complexity index is 309. The van der Waals surface area contributed by atoms with Gasteiger partial charge >= 0.3 is 0 Å². The summed E-state index contributed by atoms with van der Waals surface area (Å²) in [7, 11) is 1.46. The second kappa shape index (κ2) is 6.48. The zero-order valence-corrected chi connectivity index (χ0v) is 9.26. The lowest BCUT2D eigenvalue weighted by Crippen LogP contribution is -2.11. The maximum atomic E-state index is 12.1. The molecule has 1 aromatic rings. The second-order valence-corrected chi connectivity index (χ2v) is 2.98. The van der Waals surface area contributed by atoms with Crippen LogP contribution in [0, 0.1) is 0 Å². The van der Waals surface area contributed by atoms with Crippen molar-refractivity contribution in [2.24, 2.45) is 5.73 Å². The van der Waals surface area contributed by atoms with E-state index in [2.05, 4.69) is 0 Å². The summed E-state index contributed by atoms with van der Waals surface area (Å²) < 4.78 is 17.0. The Hall–Kier alpha value is -1.00. The number of rotatable bonds is 4. The van der Waals surface area contributed by atoms with E-state index in [-0.39, 0.29) is 24.6 Å². The van der Waals surface area contributed by atoms with Crippen molar-refractivity contribution in [2.45, 2.75) is 12.5 Å². The number of phenolic OH excluding ortho intramolecular Hbond substituents is 1. The fraction of sp³-hybridized carbons (Fsp3) is 0.400. The van der Waals surface area contributed by atoms with Crippen molar-refractivity contribution in [3.05, 3.63) is 23.8 Å². The van der Waals surface area contributed by atoms with Gasteiger partial charge in [-0.15, -0.1) is 12.4 Å². The summed E-state index contributed by atoms with van der Waals surface area (Å²) in [5, 5.41) is 9.66. The highest BCUT2D eigenvalue weighted by molar-refractivity contribution is 5.85. The van der Waals surface area contributed by atoms with Crippen molar-refractivity contribution in [1.82, 2.24) is 0 Å². The monoisotopic (exact) mass is 235 g/mol. The van der Waals surface area contributed by atoms with Crippen molar-refractivity contribution in [3.63, 3.8) is 0 Å². The van der Waals surface area contributed by atoms with Crippen LogP contribution in [0.1, 0.15) is 18.0 Å². The molecule has 0 amide bonds. The molecule has 0 bridgehead atoms. The largest absolute Gasteiger partial charge is 0.504 e. The lowest BCUT2D eigenvalue weighted by Gasteiger charge is -2.13. The molecule has 0 unspecified atom stereocenters. The van der Waals surface area contributed by atoms with Gasteiger partial charge in [0.1, 0.15) is 0 Å². The van der Waals surface area contributed by atoms with Crippen LogP contribution in [0.5, 0.6) is 11.5 Å². The van der Waals surface area contributed by atoms with E-state index >= 15 is 0 Å². The van der Waals surface area contributed by atoms with Crippen LogP contribution in [0.3, 0.4) is 0 Å². The van der Waals surface area contributed by atoms with Gasteiger partial charge in [0.15, 0.2) is 11.5 Å². The fourth-order valence-electron chi connectivity index (χ4n) is 1.28. The number of phenols is 1. The predicted molar refractivity (Wildman–Crippen MR) is 59.4 cm³/mol. The number of nitrogens with two attached hydrogens (primary N) is 1. The third kappa shape index (κ3) is 3.25. The highest BCUT2D eigenvalue weighted by Gasteiger charge is 2.13. The Labute approximate surface area is 94.5 Å². The summed E-state index contributed by atoms with van der Waals surface area (Å²) in [5.74, 6) is 0.354. The average molecular weight is 236 g/mol. The number of aromatic hydroxyl groups is 1. The van der Waals surface area contributed by atoms with Crippen LogP contribution in [0.4, 0.5) is 4.39 Å². The molecule has 0 radical (unpaired) electrons. The molecule has 0 saturated carbocycles. The van der Waals surface area contributed by atoms with Crippen LogP contribution in [-0.4, -0.2) is 18.9 Å². The van der Waals surface area contributed by atoms with Gasteiger partial charge in [0.05, 0.1) is 13.8 Å². The molecule has 86 valence electrons. The molecule has 0 aliphatic carbocycles. The number of hydrogen-bond acceptors (Lipinski definition) is 3. The number of alkyl halides is 1. The van der Waals surface area contributed by atoms with Gasteiger partial charge in [0.2, 0.25) is 0 Å². The predicted octanol–water partition coefficient (Wildman–Crippen LogP) is 2.18. The van der Waals surface area contributed by atoms with Crippen LogP contribution < -0.4 is 10.5 Å². The minimum absolute atomic E-state index is 0. The van der Waals surface area contributed by atoms with Crippen molar-refractivity contribution in [2.75, 3.05) is 13.8 Å². The average Bonchev–Trinajstić information content (AvgIpc) is 2.18. The first kappa shape index (κ1) is 14.0. The third-order valence-corrected chi connectivity index (χ3v) is 2.07. The van der Waals surface area contributed by atoms with Gasteiger partial charge in [-0.25, -0.2) is 0 Å². The molecule has 0 fully saturated rings. The van der Waals surface area contributed by atoms with Crippen molar-refractivity contribution in [3.8, 4) is 11.5 Å². The molecular weight excluding hydrogens is 221 g/mol. The molecule has 0 aliphatic heterocycles. The highest BCUT2D eigenvalue weighted by Crippen LogP contribution is 2.33. The summed E-state index contributed by atoms with van der Waals surface area (Å²) in [6.45, 7) is -0.502. The minimum atomic E-state index is -0.502. The summed E-state index contributed by atoms with van der Waals surface area (Å²) >= 11 is 0. The van der Waals surface area contributed by atoms with E-state index in [1.165, 1.54) is 7.11 Å². The van der Waals surface area contributed by atoms with Crippen LogP contribution in [-0.2, 0) is 0 Å². The van der Waals surface area contributed by atoms with Gasteiger partial charge in [0, 0.05) is 11.6 Å². The normalized spacial score (nSPS) is 11.7. The SMILES string of the molecule is COc1cccc([C@@H](N)CCF)c1O.Cl. The molecule has 1 rings (SSSR count). The topological polar surface area (TPSA) is 55.5 Å². The van der Waals surface area contributed by atoms with E-state index in [4.69, 9.17) is 10.5 Å². The highest BCUT2D eigenvalue weighted by atomic mass is 35.5. The standard InChI is InChI=1S/C10H14FNO2.ClH/c1-14-9-4-2-3-7(10(9)13)8(12)5-6-11;/h2-4,8,13H,5-6,12H2,1H3;1H/t8-;/m0./s1. The second-order valence-electron chi connectivity index (χ2n) is 2.98. The number of halogens is 2. The molecule has 1 aromatic carbocycles. The fourth-order valence-corrected chi connectivity index (χ4v) is 1.28. The molecule has 3 N–H and O–H groups in total. The molecule has 0 heterocycles. The zero-order chi connectivity index (χ0) is 10.6. The molecular formula is C10H15ClFNO2. The Kier molecular flexibility index (Phi) is 6.05. The van der Waals surface area contributed by atoms with E-state index in [0.29, 0.717) is 11.3 Å². The van der Waals surface area contributed by atoms with Crippen LogP contribution >= 0.6 is 12.4 Å². The molecule has 0 spiro atoms. The molecule has 0 aromatic heterocycles. The van der Waals surface area contributed by atoms with Gasteiger partial charge < -0.3 is 15.6 Å². The number of ether oxygens (including phenoxy) is 1. The Morgan fingerprint density at radius 1 is 1.53 bits per heavy atom. The lowest BCUT2D eigenvalue weighted by atomic mass is 10.0. The summed E-state index contributed by atoms with van der Waals surface area (Å²) in [6.07, 6.45) is 0.195. The van der Waals surface area contributed by atoms with Gasteiger partial charge in [-0.05, 0) is 12.5 Å². The van der Waals surface area contributed by atoms with E-state index in [9.17, 15) is 9.50 Å². The van der Waals surface area contributed by atoms with E-state index in [1.807, 2.05) is 0 Å². The first-order valence-corrected chi connectivity index (χ1v) is 4.38. The van der Waals surface area contributed by atoms with Crippen molar-refractivity contribution < 1.29 is 14.2 Å². The Balaban J connectivity index is 0.00000196. The van der Waals surface area contributed by atoms with E-state index in [1.54, 1.807) is 18.2 Å². The van der Waals surface area contributed by atoms with Crippen molar-refractivity contribution in [1.29, 1.82) is 0 Å². The Morgan fingerprint density at radius 2 is 2.20 bits per heavy atom. The molecule has 3 nitrogen and oxygen atoms in total. The number of hydrogen-bond donors (Lipinski definition) is 2. The van der Waals surface area contributed by atoms with Gasteiger partial charge in [-0.3, -0.25) is 4.39 Å². The molecule has 0 aliphatic rings. The number of para-hydroxylation sites is 1. The maximum Gasteiger partial charge on any atom is 0.162 e. The quantitative estimate of drug-likeness (QED) is 0.841. The van der Waals surface area contributed by atoms with Crippen LogP contribution in [0.15, 0.2) is 18.2 Å². The molecule has 1 atom stereocenters. The molecule has 5 heteroatoms. The van der Waals surface area contributed by atoms with Gasteiger partial charge in [-0.1, -0.05) is 12.1 Å². The lowest BCUT2D eigenvalue weighted by molar-refractivity contribution is 0.365. The van der Waals surface area contributed by atoms with Gasteiger partial charge in [-0.2, -0.15) is 0 Å². The summed E-state index contributed by atoms with van der Waals surface area (Å²) in [6, 6.07) is 4.51. The van der Waals surface area contributed by atoms with E-state index in [0.717, 1.165) is 0 Å². The van der Waals surface area contributed by atoms with Crippen molar-refractivity contribution >= 4 is 12.4 Å². The first-order valence-electron chi connectivity index (χ1n) is 4.38. The maximum absolute atomic E-state index is 12.1. The zero-order valence-electron chi connectivity index (χ0n) is 8.44. The smallest absolute Gasteiger partial charge is 0.162 e.